The molecular formula is C23H40N6. The molecule has 0 atom stereocenters. The molecule has 0 aliphatic heterocycles. The van der Waals surface area contributed by atoms with Gasteiger partial charge in [-0.15, -0.1) is 0 Å². The third-order valence-corrected chi connectivity index (χ3v) is 4.96. The van der Waals surface area contributed by atoms with Crippen LogP contribution in [0.4, 0.5) is 0 Å². The average Bonchev–Trinajstić information content (AvgIpc) is 3.29. The van der Waals surface area contributed by atoms with E-state index in [2.05, 4.69) is 76.9 Å². The first kappa shape index (κ1) is 24.7. The summed E-state index contributed by atoms with van der Waals surface area (Å²) in [6, 6.07) is 0. The zero-order valence-electron chi connectivity index (χ0n) is 20.2. The number of aromatic nitrogens is 6. The van der Waals surface area contributed by atoms with Crippen LogP contribution in [0.1, 0.15) is 87.4 Å². The molecule has 0 spiro atoms. The highest BCUT2D eigenvalue weighted by atomic mass is 15.3. The van der Waals surface area contributed by atoms with Crippen LogP contribution < -0.4 is 0 Å². The van der Waals surface area contributed by atoms with E-state index in [4.69, 9.17) is 0 Å². The lowest BCUT2D eigenvalue weighted by molar-refractivity contribution is 0.733. The zero-order valence-corrected chi connectivity index (χ0v) is 20.2. The van der Waals surface area contributed by atoms with E-state index >= 15 is 0 Å². The van der Waals surface area contributed by atoms with Gasteiger partial charge in [0.05, 0.1) is 18.1 Å². The van der Waals surface area contributed by atoms with Crippen LogP contribution >= 0.6 is 0 Å². The summed E-state index contributed by atoms with van der Waals surface area (Å²) < 4.78 is 5.61. The van der Waals surface area contributed by atoms with Crippen LogP contribution in [-0.2, 0) is 21.1 Å². The van der Waals surface area contributed by atoms with E-state index in [1.165, 1.54) is 22.4 Å². The fraction of sp³-hybridized carbons (Fsp3) is 0.609. The molecule has 0 fully saturated rings. The Hall–Kier alpha value is -2.37. The Labute approximate surface area is 176 Å². The molecule has 3 aromatic heterocycles. The maximum absolute atomic E-state index is 4.25. The summed E-state index contributed by atoms with van der Waals surface area (Å²) in [6.45, 7) is 17.2. The Morgan fingerprint density at radius 2 is 1.28 bits per heavy atom. The molecule has 0 aromatic carbocycles. The van der Waals surface area contributed by atoms with Crippen molar-refractivity contribution in [2.75, 3.05) is 0 Å². The van der Waals surface area contributed by atoms with Gasteiger partial charge in [-0.3, -0.25) is 14.0 Å². The van der Waals surface area contributed by atoms with Gasteiger partial charge in [-0.1, -0.05) is 41.5 Å². The molecular weight excluding hydrogens is 360 g/mol. The minimum absolute atomic E-state index is 0.591. The molecule has 162 valence electrons. The number of hydrogen-bond donors (Lipinski definition) is 0. The van der Waals surface area contributed by atoms with Gasteiger partial charge in [0.25, 0.3) is 0 Å². The molecule has 0 radical (unpaired) electrons. The molecule has 0 N–H and O–H groups in total. The zero-order chi connectivity index (χ0) is 22.3. The normalized spacial score (nSPS) is 10.8. The van der Waals surface area contributed by atoms with E-state index in [0.717, 1.165) is 5.69 Å². The topological polar surface area (TPSA) is 53.5 Å². The predicted octanol–water partition coefficient (Wildman–Crippen LogP) is 5.25. The van der Waals surface area contributed by atoms with Gasteiger partial charge in [-0.05, 0) is 48.3 Å². The van der Waals surface area contributed by atoms with E-state index < -0.39 is 0 Å². The molecule has 0 aliphatic rings. The molecule has 0 unspecified atom stereocenters. The number of nitrogens with zero attached hydrogens (tertiary/aromatic N) is 6. The van der Waals surface area contributed by atoms with Crippen molar-refractivity contribution in [3.8, 4) is 0 Å². The highest BCUT2D eigenvalue weighted by molar-refractivity contribution is 5.19. The van der Waals surface area contributed by atoms with Gasteiger partial charge < -0.3 is 0 Å². The fourth-order valence-corrected chi connectivity index (χ4v) is 3.01. The van der Waals surface area contributed by atoms with Crippen molar-refractivity contribution < 1.29 is 0 Å². The van der Waals surface area contributed by atoms with Crippen molar-refractivity contribution in [3.05, 3.63) is 52.9 Å². The lowest BCUT2D eigenvalue weighted by Crippen LogP contribution is -1.94. The first-order valence-corrected chi connectivity index (χ1v) is 10.4. The van der Waals surface area contributed by atoms with E-state index in [1.54, 1.807) is 0 Å². The van der Waals surface area contributed by atoms with Crippen LogP contribution in [0.25, 0.3) is 0 Å². The van der Waals surface area contributed by atoms with Crippen LogP contribution in [0.5, 0.6) is 0 Å². The second-order valence-electron chi connectivity index (χ2n) is 8.56. The highest BCUT2D eigenvalue weighted by Crippen LogP contribution is 2.17. The fourth-order valence-electron chi connectivity index (χ4n) is 3.01. The van der Waals surface area contributed by atoms with Crippen LogP contribution in [0.2, 0.25) is 0 Å². The van der Waals surface area contributed by atoms with Crippen molar-refractivity contribution in [2.24, 2.45) is 21.1 Å². The molecule has 6 nitrogen and oxygen atoms in total. The maximum atomic E-state index is 4.25. The van der Waals surface area contributed by atoms with Crippen LogP contribution in [0.15, 0.2) is 24.8 Å². The van der Waals surface area contributed by atoms with E-state index in [9.17, 15) is 0 Å². The minimum atomic E-state index is 0.591. The molecule has 0 saturated heterocycles. The van der Waals surface area contributed by atoms with E-state index in [1.807, 2.05) is 53.8 Å². The summed E-state index contributed by atoms with van der Waals surface area (Å²) in [7, 11) is 5.87. The smallest absolute Gasteiger partial charge is 0.0628 e. The Bertz CT molecular complexity index is 858. The van der Waals surface area contributed by atoms with Crippen molar-refractivity contribution in [1.29, 1.82) is 0 Å². The molecule has 0 saturated carbocycles. The van der Waals surface area contributed by atoms with E-state index in [0.29, 0.717) is 17.8 Å². The summed E-state index contributed by atoms with van der Waals surface area (Å²) in [5, 5.41) is 12.5. The van der Waals surface area contributed by atoms with Crippen molar-refractivity contribution in [2.45, 2.75) is 73.1 Å². The summed E-state index contributed by atoms with van der Waals surface area (Å²) in [5.41, 5.74) is 6.43. The standard InChI is InChI=1S/2C8H14N2.C7H12N2/c1-6(2)8-5-10(4)9-7(8)3;1-6(2)8-5-9-10(4)7(8)3;1-6(2)7-4-8-9(3)5-7/h2*5-6H,1-4H3;4-6H,1-3H3. The molecule has 0 bridgehead atoms. The molecule has 0 aliphatic carbocycles. The monoisotopic (exact) mass is 400 g/mol. The Morgan fingerprint density at radius 3 is 1.48 bits per heavy atom. The lowest BCUT2D eigenvalue weighted by atomic mass is 10.1. The summed E-state index contributed by atoms with van der Waals surface area (Å²) in [4.78, 5) is 0. The first-order valence-electron chi connectivity index (χ1n) is 10.4. The molecule has 3 aromatic rings. The second kappa shape index (κ2) is 11.0. The number of hydrogen-bond acceptors (Lipinski definition) is 3. The third-order valence-electron chi connectivity index (χ3n) is 4.96. The summed E-state index contributed by atoms with van der Waals surface area (Å²) in [6.07, 6.45) is 7.98. The Kier molecular flexibility index (Phi) is 9.34. The minimum Gasteiger partial charge on any atom is -0.276 e. The summed E-state index contributed by atoms with van der Waals surface area (Å²) >= 11 is 0. The molecule has 29 heavy (non-hydrogen) atoms. The third kappa shape index (κ3) is 7.52. The van der Waals surface area contributed by atoms with Crippen molar-refractivity contribution in [3.63, 3.8) is 0 Å². The quantitative estimate of drug-likeness (QED) is 0.603. The largest absolute Gasteiger partial charge is 0.276 e. The molecule has 3 heterocycles. The Balaban J connectivity index is 0.000000218. The van der Waals surface area contributed by atoms with Gasteiger partial charge in [0.15, 0.2) is 0 Å². The van der Waals surface area contributed by atoms with Crippen molar-refractivity contribution >= 4 is 0 Å². The highest BCUT2D eigenvalue weighted by Gasteiger charge is 2.06. The van der Waals surface area contributed by atoms with E-state index in [-0.39, 0.29) is 0 Å². The predicted molar refractivity (Wildman–Crippen MR) is 121 cm³/mol. The molecule has 0 amide bonds. The van der Waals surface area contributed by atoms with Gasteiger partial charge in [-0.25, -0.2) is 0 Å². The first-order chi connectivity index (χ1) is 13.4. The molecule has 6 heteroatoms. The SMILES string of the molecule is CC(C)c1cnn(C)c1.Cc1c(C(C)C)cnn1C.Cc1nn(C)cc1C(C)C. The maximum Gasteiger partial charge on any atom is 0.0628 e. The van der Waals surface area contributed by atoms with Gasteiger partial charge in [0.1, 0.15) is 0 Å². The van der Waals surface area contributed by atoms with Crippen LogP contribution in [0.3, 0.4) is 0 Å². The number of rotatable bonds is 3. The lowest BCUT2D eigenvalue weighted by Gasteiger charge is -2.02. The van der Waals surface area contributed by atoms with Gasteiger partial charge in [0.2, 0.25) is 0 Å². The van der Waals surface area contributed by atoms with Gasteiger partial charge in [0, 0.05) is 39.2 Å². The van der Waals surface area contributed by atoms with Gasteiger partial charge in [-0.2, -0.15) is 15.3 Å². The van der Waals surface area contributed by atoms with Gasteiger partial charge >= 0.3 is 0 Å². The van der Waals surface area contributed by atoms with Crippen LogP contribution in [-0.4, -0.2) is 29.3 Å². The summed E-state index contributed by atoms with van der Waals surface area (Å²) in [5.74, 6) is 1.78. The van der Waals surface area contributed by atoms with Crippen molar-refractivity contribution in [1.82, 2.24) is 29.3 Å². The average molecular weight is 401 g/mol. The Morgan fingerprint density at radius 1 is 0.690 bits per heavy atom. The molecule has 3 rings (SSSR count). The second-order valence-corrected chi connectivity index (χ2v) is 8.56. The van der Waals surface area contributed by atoms with Crippen LogP contribution in [0, 0.1) is 13.8 Å². The number of aryl methyl sites for hydroxylation is 4.